The van der Waals surface area contributed by atoms with Crippen LogP contribution in [0.4, 0.5) is 0 Å². The SMILES string of the molecule is Cn1nnnc1SC[C@H]1C[C@@H](c2ccc(CO)cc2)O[C@@H](c2ccc(-c3cccc(CNC(=O)CCCC(=O)O)c3)cc2)O1. The summed E-state index contributed by atoms with van der Waals surface area (Å²) in [6, 6.07) is 23.8. The third-order valence-electron chi connectivity index (χ3n) is 7.32. The number of aryl methyl sites for hydroxylation is 1. The molecular weight excluding hydrogens is 582 g/mol. The fourth-order valence-electron chi connectivity index (χ4n) is 4.92. The Morgan fingerprint density at radius 1 is 0.977 bits per heavy atom. The third-order valence-corrected chi connectivity index (χ3v) is 8.46. The number of aliphatic hydroxyl groups excluding tert-OH is 1. The molecule has 5 rings (SSSR count). The quantitative estimate of drug-likeness (QED) is 0.182. The van der Waals surface area contributed by atoms with Crippen molar-refractivity contribution in [1.29, 1.82) is 0 Å². The van der Waals surface area contributed by atoms with E-state index in [0.717, 1.165) is 33.4 Å². The number of hydrogen-bond donors (Lipinski definition) is 3. The minimum absolute atomic E-state index is 0.0129. The molecule has 3 aromatic carbocycles. The van der Waals surface area contributed by atoms with Crippen LogP contribution < -0.4 is 5.32 Å². The maximum Gasteiger partial charge on any atom is 0.303 e. The Bertz CT molecular complexity index is 1550. The minimum Gasteiger partial charge on any atom is -0.481 e. The average Bonchev–Trinajstić information content (AvgIpc) is 3.47. The summed E-state index contributed by atoms with van der Waals surface area (Å²) in [6.07, 6.45) is 0.255. The van der Waals surface area contributed by atoms with Gasteiger partial charge in [-0.15, -0.1) is 5.10 Å². The fraction of sp³-hybridized carbons (Fsp3) is 0.344. The molecule has 0 spiro atoms. The van der Waals surface area contributed by atoms with Crippen LogP contribution in [-0.4, -0.2) is 54.2 Å². The smallest absolute Gasteiger partial charge is 0.303 e. The van der Waals surface area contributed by atoms with Gasteiger partial charge in [-0.25, -0.2) is 4.68 Å². The maximum absolute atomic E-state index is 12.1. The summed E-state index contributed by atoms with van der Waals surface area (Å²) >= 11 is 1.54. The van der Waals surface area contributed by atoms with Gasteiger partial charge in [-0.2, -0.15) is 0 Å². The number of nitrogens with one attached hydrogen (secondary N) is 1. The second kappa shape index (κ2) is 15.1. The zero-order valence-electron chi connectivity index (χ0n) is 24.3. The Morgan fingerprint density at radius 3 is 2.45 bits per heavy atom. The number of carboxylic acids is 1. The van der Waals surface area contributed by atoms with Gasteiger partial charge in [0.05, 0.1) is 18.8 Å². The molecule has 1 saturated heterocycles. The van der Waals surface area contributed by atoms with E-state index >= 15 is 0 Å². The number of carbonyl (C=O) groups is 2. The van der Waals surface area contributed by atoms with E-state index in [1.54, 1.807) is 11.7 Å². The molecule has 2 heterocycles. The van der Waals surface area contributed by atoms with Crippen LogP contribution in [0.2, 0.25) is 0 Å². The van der Waals surface area contributed by atoms with Crippen molar-refractivity contribution in [3.8, 4) is 11.1 Å². The molecule has 44 heavy (non-hydrogen) atoms. The first-order valence-electron chi connectivity index (χ1n) is 14.4. The maximum atomic E-state index is 12.1. The molecule has 0 aliphatic carbocycles. The molecular formula is C32H35N5O6S. The molecule has 1 aliphatic rings. The summed E-state index contributed by atoms with van der Waals surface area (Å²) in [5.74, 6) is -0.414. The lowest BCUT2D eigenvalue weighted by Crippen LogP contribution is -2.31. The fourth-order valence-corrected chi connectivity index (χ4v) is 5.78. The van der Waals surface area contributed by atoms with E-state index < -0.39 is 12.3 Å². The number of aliphatic hydroxyl groups is 1. The first-order chi connectivity index (χ1) is 21.4. The third kappa shape index (κ3) is 8.50. The Hall–Kier alpha value is -4.10. The van der Waals surface area contributed by atoms with Gasteiger partial charge in [-0.1, -0.05) is 78.5 Å². The highest BCUT2D eigenvalue weighted by Crippen LogP contribution is 2.39. The van der Waals surface area contributed by atoms with Crippen molar-refractivity contribution in [3.63, 3.8) is 0 Å². The van der Waals surface area contributed by atoms with Gasteiger partial charge in [-0.3, -0.25) is 9.59 Å². The van der Waals surface area contributed by atoms with E-state index in [1.165, 1.54) is 11.8 Å². The topological polar surface area (TPSA) is 149 Å². The predicted molar refractivity (Wildman–Crippen MR) is 163 cm³/mol. The second-order valence-corrected chi connectivity index (χ2v) is 11.6. The summed E-state index contributed by atoms with van der Waals surface area (Å²) in [5, 5.41) is 33.5. The van der Waals surface area contributed by atoms with Gasteiger partial charge in [-0.05, 0) is 50.7 Å². The zero-order chi connectivity index (χ0) is 30.9. The highest BCUT2D eigenvalue weighted by Gasteiger charge is 2.32. The van der Waals surface area contributed by atoms with Gasteiger partial charge in [0.1, 0.15) is 0 Å². The Balaban J connectivity index is 1.26. The molecule has 12 heteroatoms. The lowest BCUT2D eigenvalue weighted by atomic mass is 9.99. The number of benzene rings is 3. The van der Waals surface area contributed by atoms with Crippen molar-refractivity contribution in [2.75, 3.05) is 5.75 Å². The van der Waals surface area contributed by atoms with Crippen LogP contribution in [0.3, 0.4) is 0 Å². The first kappa shape index (κ1) is 31.3. The van der Waals surface area contributed by atoms with E-state index in [9.17, 15) is 14.7 Å². The molecule has 11 nitrogen and oxygen atoms in total. The predicted octanol–water partition coefficient (Wildman–Crippen LogP) is 4.58. The molecule has 1 aliphatic heterocycles. The number of tetrazole rings is 1. The highest BCUT2D eigenvalue weighted by atomic mass is 32.2. The standard InChI is InChI=1S/C32H35N5O6S/c1-37-32(34-35-36-37)44-20-27-17-28(24-10-8-21(19-38)9-11-24)43-31(42-27)25-14-12-23(13-15-25)26-5-2-4-22(16-26)18-33-29(39)6-3-7-30(40)41/h2,4-5,8-16,27-28,31,38H,3,6-7,17-20H2,1H3,(H,33,39)(H,40,41)/t27-,28+,31+/m1/s1. The molecule has 230 valence electrons. The van der Waals surface area contributed by atoms with Crippen molar-refractivity contribution in [1.82, 2.24) is 25.5 Å². The lowest BCUT2D eigenvalue weighted by Gasteiger charge is -2.36. The van der Waals surface area contributed by atoms with Crippen molar-refractivity contribution in [2.24, 2.45) is 7.05 Å². The van der Waals surface area contributed by atoms with Crippen LogP contribution in [0, 0.1) is 0 Å². The number of thioether (sulfide) groups is 1. The number of nitrogens with zero attached hydrogens (tertiary/aromatic N) is 4. The number of carbonyl (C=O) groups excluding carboxylic acids is 1. The number of aliphatic carboxylic acids is 1. The van der Waals surface area contributed by atoms with Crippen molar-refractivity contribution >= 4 is 23.6 Å². The normalized spacial score (nSPS) is 18.2. The monoisotopic (exact) mass is 617 g/mol. The van der Waals surface area contributed by atoms with E-state index in [4.69, 9.17) is 14.6 Å². The summed E-state index contributed by atoms with van der Waals surface area (Å²) in [4.78, 5) is 22.7. The number of rotatable bonds is 13. The van der Waals surface area contributed by atoms with Crippen LogP contribution in [0.1, 0.15) is 60.3 Å². The minimum atomic E-state index is -0.901. The first-order valence-corrected chi connectivity index (χ1v) is 15.4. The van der Waals surface area contributed by atoms with Crippen LogP contribution in [-0.2, 0) is 39.3 Å². The number of ether oxygens (including phenoxy) is 2. The summed E-state index contributed by atoms with van der Waals surface area (Å²) in [7, 11) is 1.81. The van der Waals surface area contributed by atoms with Crippen LogP contribution in [0.25, 0.3) is 11.1 Å². The molecule has 0 unspecified atom stereocenters. The van der Waals surface area contributed by atoms with Crippen molar-refractivity contribution < 1.29 is 29.3 Å². The van der Waals surface area contributed by atoms with Gasteiger partial charge in [0.2, 0.25) is 11.1 Å². The summed E-state index contributed by atoms with van der Waals surface area (Å²) in [6.45, 7) is 0.354. The Morgan fingerprint density at radius 2 is 1.75 bits per heavy atom. The highest BCUT2D eigenvalue weighted by molar-refractivity contribution is 7.99. The number of carboxylic acid groups (broad SMARTS) is 1. The van der Waals surface area contributed by atoms with E-state index in [-0.39, 0.29) is 37.6 Å². The van der Waals surface area contributed by atoms with Crippen molar-refractivity contribution in [2.45, 2.75) is 62.5 Å². The molecule has 4 aromatic rings. The van der Waals surface area contributed by atoms with Gasteiger partial charge >= 0.3 is 5.97 Å². The average molecular weight is 618 g/mol. The summed E-state index contributed by atoms with van der Waals surface area (Å²) < 4.78 is 14.5. The molecule has 1 amide bonds. The molecule has 1 fully saturated rings. The molecule has 0 radical (unpaired) electrons. The van der Waals surface area contributed by atoms with Gasteiger partial charge in [0, 0.05) is 44.2 Å². The molecule has 3 atom stereocenters. The lowest BCUT2D eigenvalue weighted by molar-refractivity contribution is -0.245. The van der Waals surface area contributed by atoms with Gasteiger partial charge in [0.15, 0.2) is 6.29 Å². The van der Waals surface area contributed by atoms with Crippen LogP contribution >= 0.6 is 11.8 Å². The molecule has 1 aromatic heterocycles. The van der Waals surface area contributed by atoms with E-state index in [2.05, 4.69) is 20.8 Å². The van der Waals surface area contributed by atoms with Crippen molar-refractivity contribution in [3.05, 3.63) is 95.1 Å². The zero-order valence-corrected chi connectivity index (χ0v) is 25.2. The Labute approximate surface area is 259 Å². The van der Waals surface area contributed by atoms with Gasteiger partial charge < -0.3 is 25.0 Å². The van der Waals surface area contributed by atoms with Gasteiger partial charge in [0.25, 0.3) is 0 Å². The summed E-state index contributed by atoms with van der Waals surface area (Å²) in [5.41, 5.74) is 5.73. The number of hydrogen-bond acceptors (Lipinski definition) is 9. The van der Waals surface area contributed by atoms with Crippen LogP contribution in [0.5, 0.6) is 0 Å². The number of amides is 1. The molecule has 3 N–H and O–H groups in total. The molecule has 0 saturated carbocycles. The van der Waals surface area contributed by atoms with E-state index in [0.29, 0.717) is 30.3 Å². The second-order valence-electron chi connectivity index (χ2n) is 10.6. The van der Waals surface area contributed by atoms with E-state index in [1.807, 2.05) is 72.8 Å². The number of aromatic nitrogens is 4. The largest absolute Gasteiger partial charge is 0.481 e. The molecule has 0 bridgehead atoms. The van der Waals surface area contributed by atoms with Crippen LogP contribution in [0.15, 0.2) is 78.0 Å². The Kier molecular flexibility index (Phi) is 10.7.